The highest BCUT2D eigenvalue weighted by atomic mass is 32.2. The van der Waals surface area contributed by atoms with Crippen LogP contribution in [0.4, 0.5) is 0 Å². The van der Waals surface area contributed by atoms with Crippen molar-refractivity contribution in [3.63, 3.8) is 0 Å². The van der Waals surface area contributed by atoms with Gasteiger partial charge < -0.3 is 10.1 Å². The molecular weight excluding hydrogens is 278 g/mol. The van der Waals surface area contributed by atoms with Crippen molar-refractivity contribution in [3.05, 3.63) is 35.4 Å². The van der Waals surface area contributed by atoms with Gasteiger partial charge in [-0.2, -0.15) is 11.8 Å². The quantitative estimate of drug-likeness (QED) is 0.576. The summed E-state index contributed by atoms with van der Waals surface area (Å²) in [5.74, 6) is 2.31. The Bertz CT molecular complexity index is 353. The Morgan fingerprint density at radius 2 is 1.90 bits per heavy atom. The molecule has 0 aliphatic rings. The second-order valence-corrected chi connectivity index (χ2v) is 6.57. The first-order valence-electron chi connectivity index (χ1n) is 8.20. The Morgan fingerprint density at radius 1 is 1.14 bits per heavy atom. The van der Waals surface area contributed by atoms with Crippen LogP contribution in [0.5, 0.6) is 0 Å². The van der Waals surface area contributed by atoms with Gasteiger partial charge in [0.25, 0.3) is 0 Å². The smallest absolute Gasteiger partial charge is 0.0470 e. The summed E-state index contributed by atoms with van der Waals surface area (Å²) in [5, 5.41) is 3.68. The van der Waals surface area contributed by atoms with Crippen LogP contribution in [0.2, 0.25) is 0 Å². The summed E-state index contributed by atoms with van der Waals surface area (Å²) < 4.78 is 5.11. The highest BCUT2D eigenvalue weighted by molar-refractivity contribution is 7.99. The van der Waals surface area contributed by atoms with Crippen molar-refractivity contribution in [2.75, 3.05) is 31.8 Å². The Balaban J connectivity index is 2.50. The predicted molar refractivity (Wildman–Crippen MR) is 95.3 cm³/mol. The van der Waals surface area contributed by atoms with Gasteiger partial charge in [0, 0.05) is 25.5 Å². The van der Waals surface area contributed by atoms with Gasteiger partial charge in [-0.1, -0.05) is 44.5 Å². The van der Waals surface area contributed by atoms with Crippen LogP contribution in [-0.2, 0) is 11.2 Å². The summed E-state index contributed by atoms with van der Waals surface area (Å²) in [4.78, 5) is 0. The standard InChI is InChI=1S/C18H31NOS/c1-4-7-16-8-10-17(11-9-16)18(19-12-5-2)15-21-14-6-13-20-3/h8-11,18-19H,4-7,12-15H2,1-3H3. The van der Waals surface area contributed by atoms with Crippen LogP contribution < -0.4 is 5.32 Å². The number of aryl methyl sites for hydroxylation is 1. The number of ether oxygens (including phenoxy) is 1. The molecule has 1 aromatic carbocycles. The molecule has 1 aromatic rings. The lowest BCUT2D eigenvalue weighted by Crippen LogP contribution is -2.24. The van der Waals surface area contributed by atoms with E-state index in [1.54, 1.807) is 7.11 Å². The molecule has 0 bridgehead atoms. The van der Waals surface area contributed by atoms with E-state index in [4.69, 9.17) is 4.74 Å². The normalized spacial score (nSPS) is 12.5. The van der Waals surface area contributed by atoms with E-state index in [0.29, 0.717) is 6.04 Å². The van der Waals surface area contributed by atoms with Crippen molar-refractivity contribution in [1.29, 1.82) is 0 Å². The van der Waals surface area contributed by atoms with E-state index in [1.807, 2.05) is 11.8 Å². The summed E-state index contributed by atoms with van der Waals surface area (Å²) in [5.41, 5.74) is 2.87. The molecule has 120 valence electrons. The van der Waals surface area contributed by atoms with Crippen LogP contribution in [-0.4, -0.2) is 31.8 Å². The molecule has 0 amide bonds. The third-order valence-electron chi connectivity index (χ3n) is 3.48. The van der Waals surface area contributed by atoms with E-state index in [-0.39, 0.29) is 0 Å². The molecule has 1 N–H and O–H groups in total. The van der Waals surface area contributed by atoms with Gasteiger partial charge in [0.15, 0.2) is 0 Å². The molecule has 3 heteroatoms. The first kappa shape index (κ1) is 18.5. The lowest BCUT2D eigenvalue weighted by Gasteiger charge is -2.19. The average molecular weight is 310 g/mol. The number of hydrogen-bond acceptors (Lipinski definition) is 3. The first-order chi connectivity index (χ1) is 10.3. The fraction of sp³-hybridized carbons (Fsp3) is 0.667. The van der Waals surface area contributed by atoms with Gasteiger partial charge in [0.05, 0.1) is 0 Å². The molecule has 0 heterocycles. The fourth-order valence-corrected chi connectivity index (χ4v) is 3.34. The highest BCUT2D eigenvalue weighted by Gasteiger charge is 2.10. The Hall–Kier alpha value is -0.510. The molecule has 0 fully saturated rings. The third-order valence-corrected chi connectivity index (χ3v) is 4.63. The van der Waals surface area contributed by atoms with E-state index in [9.17, 15) is 0 Å². The summed E-state index contributed by atoms with van der Waals surface area (Å²) in [6.07, 6.45) is 4.71. The summed E-state index contributed by atoms with van der Waals surface area (Å²) >= 11 is 2.02. The van der Waals surface area contributed by atoms with Crippen LogP contribution in [0.15, 0.2) is 24.3 Å². The number of methoxy groups -OCH3 is 1. The molecule has 1 unspecified atom stereocenters. The number of nitrogens with one attached hydrogen (secondary N) is 1. The van der Waals surface area contributed by atoms with Crippen molar-refractivity contribution in [3.8, 4) is 0 Å². The Labute approximate surface area is 135 Å². The van der Waals surface area contributed by atoms with Gasteiger partial charge in [-0.3, -0.25) is 0 Å². The number of thioether (sulfide) groups is 1. The number of hydrogen-bond donors (Lipinski definition) is 1. The minimum Gasteiger partial charge on any atom is -0.385 e. The molecule has 0 saturated heterocycles. The van der Waals surface area contributed by atoms with E-state index in [0.717, 1.165) is 25.3 Å². The topological polar surface area (TPSA) is 21.3 Å². The van der Waals surface area contributed by atoms with E-state index in [1.165, 1.54) is 36.1 Å². The van der Waals surface area contributed by atoms with Crippen LogP contribution in [0.3, 0.4) is 0 Å². The zero-order valence-electron chi connectivity index (χ0n) is 13.9. The largest absolute Gasteiger partial charge is 0.385 e. The Morgan fingerprint density at radius 3 is 2.52 bits per heavy atom. The van der Waals surface area contributed by atoms with Gasteiger partial charge in [0.1, 0.15) is 0 Å². The van der Waals surface area contributed by atoms with Crippen LogP contribution >= 0.6 is 11.8 Å². The molecule has 2 nitrogen and oxygen atoms in total. The lowest BCUT2D eigenvalue weighted by molar-refractivity contribution is 0.200. The van der Waals surface area contributed by atoms with Crippen molar-refractivity contribution in [2.45, 2.75) is 45.6 Å². The zero-order valence-corrected chi connectivity index (χ0v) is 14.7. The predicted octanol–water partition coefficient (Wildman–Crippen LogP) is 4.45. The van der Waals surface area contributed by atoms with Gasteiger partial charge in [0.2, 0.25) is 0 Å². The second-order valence-electron chi connectivity index (χ2n) is 5.42. The van der Waals surface area contributed by atoms with Crippen molar-refractivity contribution in [1.82, 2.24) is 5.32 Å². The molecule has 21 heavy (non-hydrogen) atoms. The number of benzene rings is 1. The highest BCUT2D eigenvalue weighted by Crippen LogP contribution is 2.20. The summed E-state index contributed by atoms with van der Waals surface area (Å²) in [6.45, 7) is 6.40. The minimum atomic E-state index is 0.466. The fourth-order valence-electron chi connectivity index (χ4n) is 2.30. The zero-order chi connectivity index (χ0) is 15.3. The molecule has 0 aromatic heterocycles. The molecule has 1 atom stereocenters. The van der Waals surface area contributed by atoms with Crippen LogP contribution in [0.25, 0.3) is 0 Å². The molecule has 0 aliphatic carbocycles. The van der Waals surface area contributed by atoms with E-state index >= 15 is 0 Å². The Kier molecular flexibility index (Phi) is 10.7. The van der Waals surface area contributed by atoms with E-state index in [2.05, 4.69) is 43.4 Å². The van der Waals surface area contributed by atoms with Gasteiger partial charge in [-0.15, -0.1) is 0 Å². The van der Waals surface area contributed by atoms with Crippen molar-refractivity contribution >= 4 is 11.8 Å². The molecule has 0 saturated carbocycles. The first-order valence-corrected chi connectivity index (χ1v) is 9.36. The van der Waals surface area contributed by atoms with Crippen molar-refractivity contribution < 1.29 is 4.74 Å². The maximum absolute atomic E-state index is 5.11. The van der Waals surface area contributed by atoms with Crippen LogP contribution in [0, 0.1) is 0 Å². The van der Waals surface area contributed by atoms with Crippen molar-refractivity contribution in [2.24, 2.45) is 0 Å². The van der Waals surface area contributed by atoms with Crippen LogP contribution in [0.1, 0.15) is 50.3 Å². The van der Waals surface area contributed by atoms with Gasteiger partial charge in [-0.25, -0.2) is 0 Å². The molecule has 0 spiro atoms. The molecule has 1 rings (SSSR count). The third kappa shape index (κ3) is 7.89. The minimum absolute atomic E-state index is 0.466. The monoisotopic (exact) mass is 309 g/mol. The van der Waals surface area contributed by atoms with Gasteiger partial charge in [-0.05, 0) is 42.7 Å². The maximum Gasteiger partial charge on any atom is 0.0470 e. The van der Waals surface area contributed by atoms with Gasteiger partial charge >= 0.3 is 0 Å². The summed E-state index contributed by atoms with van der Waals surface area (Å²) in [7, 11) is 1.77. The van der Waals surface area contributed by atoms with E-state index < -0.39 is 0 Å². The molecule has 0 aliphatic heterocycles. The molecular formula is C18H31NOS. The molecule has 0 radical (unpaired) electrons. The second kappa shape index (κ2) is 12.1. The lowest BCUT2D eigenvalue weighted by atomic mass is 10.0. The number of rotatable bonds is 12. The SMILES string of the molecule is CCCNC(CSCCCOC)c1ccc(CCC)cc1. The maximum atomic E-state index is 5.11. The average Bonchev–Trinajstić information content (AvgIpc) is 2.51. The summed E-state index contributed by atoms with van der Waals surface area (Å²) in [6, 6.07) is 9.64.